The maximum absolute atomic E-state index is 13.0. The molecule has 0 heterocycles. The van der Waals surface area contributed by atoms with Gasteiger partial charge in [-0.1, -0.05) is 23.7 Å². The summed E-state index contributed by atoms with van der Waals surface area (Å²) in [6, 6.07) is 11.6. The number of alkyl halides is 1. The van der Waals surface area contributed by atoms with Crippen molar-refractivity contribution in [1.82, 2.24) is 0 Å². The van der Waals surface area contributed by atoms with Crippen LogP contribution < -0.4 is 4.74 Å². The maximum atomic E-state index is 13.0. The third-order valence-corrected chi connectivity index (χ3v) is 3.16. The molecule has 0 aliphatic rings. The van der Waals surface area contributed by atoms with E-state index in [1.54, 1.807) is 0 Å². The van der Waals surface area contributed by atoms with Crippen molar-refractivity contribution in [3.05, 3.63) is 64.4 Å². The number of hydrogen-bond acceptors (Lipinski definition) is 1. The summed E-state index contributed by atoms with van der Waals surface area (Å²) in [6.07, 6.45) is 0. The van der Waals surface area contributed by atoms with Crippen LogP contribution in [0, 0.1) is 5.82 Å². The molecule has 0 aromatic heterocycles. The van der Waals surface area contributed by atoms with Crippen molar-refractivity contribution in [3.8, 4) is 5.75 Å². The molecule has 94 valence electrons. The second kappa shape index (κ2) is 6.07. The Morgan fingerprint density at radius 3 is 2.44 bits per heavy atom. The van der Waals surface area contributed by atoms with E-state index in [1.165, 1.54) is 18.2 Å². The van der Waals surface area contributed by atoms with Crippen LogP contribution in [0.15, 0.2) is 42.5 Å². The standard InChI is InChI=1S/C14H11Cl2FO/c15-8-10-1-4-13(5-2-10)18-9-11-7-12(17)3-6-14(11)16/h1-7H,8-9H2. The quantitative estimate of drug-likeness (QED) is 0.733. The van der Waals surface area contributed by atoms with Crippen LogP contribution in [0.1, 0.15) is 11.1 Å². The fraction of sp³-hybridized carbons (Fsp3) is 0.143. The van der Waals surface area contributed by atoms with Crippen molar-refractivity contribution in [2.75, 3.05) is 0 Å². The van der Waals surface area contributed by atoms with Crippen molar-refractivity contribution in [2.24, 2.45) is 0 Å². The molecule has 0 fully saturated rings. The highest BCUT2D eigenvalue weighted by Crippen LogP contribution is 2.20. The summed E-state index contributed by atoms with van der Waals surface area (Å²) in [6.45, 7) is 0.233. The van der Waals surface area contributed by atoms with E-state index in [4.69, 9.17) is 27.9 Å². The molecule has 1 nitrogen and oxygen atoms in total. The van der Waals surface area contributed by atoms with Gasteiger partial charge in [-0.2, -0.15) is 0 Å². The molecule has 2 aromatic carbocycles. The van der Waals surface area contributed by atoms with E-state index in [2.05, 4.69) is 0 Å². The molecule has 0 saturated heterocycles. The topological polar surface area (TPSA) is 9.23 Å². The molecule has 2 rings (SSSR count). The zero-order valence-electron chi connectivity index (χ0n) is 9.50. The molecular weight excluding hydrogens is 274 g/mol. The van der Waals surface area contributed by atoms with Gasteiger partial charge < -0.3 is 4.74 Å². The van der Waals surface area contributed by atoms with Gasteiger partial charge in [0.2, 0.25) is 0 Å². The molecule has 0 amide bonds. The third-order valence-electron chi connectivity index (χ3n) is 2.48. The number of benzene rings is 2. The first-order valence-electron chi connectivity index (χ1n) is 5.40. The van der Waals surface area contributed by atoms with E-state index in [0.717, 1.165) is 5.56 Å². The summed E-state index contributed by atoms with van der Waals surface area (Å²) in [5.74, 6) is 0.843. The van der Waals surface area contributed by atoms with Crippen LogP contribution in [0.2, 0.25) is 5.02 Å². The van der Waals surface area contributed by atoms with Crippen LogP contribution in [-0.2, 0) is 12.5 Å². The van der Waals surface area contributed by atoms with E-state index < -0.39 is 0 Å². The molecule has 0 bridgehead atoms. The number of hydrogen-bond donors (Lipinski definition) is 0. The summed E-state index contributed by atoms with van der Waals surface area (Å²) in [5.41, 5.74) is 1.64. The lowest BCUT2D eigenvalue weighted by Gasteiger charge is -2.08. The van der Waals surface area contributed by atoms with Crippen molar-refractivity contribution < 1.29 is 9.13 Å². The Balaban J connectivity index is 2.04. The zero-order chi connectivity index (χ0) is 13.0. The van der Waals surface area contributed by atoms with Gasteiger partial charge in [-0.25, -0.2) is 4.39 Å². The molecule has 0 atom stereocenters. The van der Waals surface area contributed by atoms with E-state index in [0.29, 0.717) is 22.2 Å². The Morgan fingerprint density at radius 2 is 1.78 bits per heavy atom. The Kier molecular flexibility index (Phi) is 4.45. The van der Waals surface area contributed by atoms with Gasteiger partial charge in [-0.05, 0) is 35.9 Å². The van der Waals surface area contributed by atoms with Crippen molar-refractivity contribution >= 4 is 23.2 Å². The van der Waals surface area contributed by atoms with E-state index >= 15 is 0 Å². The normalized spacial score (nSPS) is 10.4. The minimum Gasteiger partial charge on any atom is -0.489 e. The minimum absolute atomic E-state index is 0.233. The average molecular weight is 285 g/mol. The predicted octanol–water partition coefficient (Wildman–Crippen LogP) is 4.80. The summed E-state index contributed by atoms with van der Waals surface area (Å²) in [4.78, 5) is 0. The van der Waals surface area contributed by atoms with E-state index in [1.807, 2.05) is 24.3 Å². The lowest BCUT2D eigenvalue weighted by atomic mass is 10.2. The first kappa shape index (κ1) is 13.2. The van der Waals surface area contributed by atoms with E-state index in [9.17, 15) is 4.39 Å². The molecule has 0 radical (unpaired) electrons. The molecule has 0 spiro atoms. The Hall–Kier alpha value is -1.25. The molecule has 2 aromatic rings. The molecule has 0 aliphatic heterocycles. The Morgan fingerprint density at radius 1 is 1.06 bits per heavy atom. The summed E-state index contributed by atoms with van der Waals surface area (Å²) < 4.78 is 18.6. The summed E-state index contributed by atoms with van der Waals surface area (Å²) in [5, 5.41) is 0.494. The van der Waals surface area contributed by atoms with Crippen molar-refractivity contribution in [1.29, 1.82) is 0 Å². The third kappa shape index (κ3) is 3.37. The predicted molar refractivity (Wildman–Crippen MR) is 71.7 cm³/mol. The van der Waals surface area contributed by atoms with Gasteiger partial charge in [0, 0.05) is 16.5 Å². The highest BCUT2D eigenvalue weighted by Gasteiger charge is 2.03. The van der Waals surface area contributed by atoms with Gasteiger partial charge in [0.05, 0.1) is 0 Å². The summed E-state index contributed by atoms with van der Waals surface area (Å²) >= 11 is 11.6. The Labute approximate surface area is 115 Å². The van der Waals surface area contributed by atoms with Gasteiger partial charge in [0.15, 0.2) is 0 Å². The number of ether oxygens (including phenoxy) is 1. The SMILES string of the molecule is Fc1ccc(Cl)c(COc2ccc(CCl)cc2)c1. The van der Waals surface area contributed by atoms with Gasteiger partial charge >= 0.3 is 0 Å². The maximum Gasteiger partial charge on any atom is 0.123 e. The molecule has 0 unspecified atom stereocenters. The smallest absolute Gasteiger partial charge is 0.123 e. The van der Waals surface area contributed by atoms with Crippen LogP contribution >= 0.6 is 23.2 Å². The fourth-order valence-electron chi connectivity index (χ4n) is 1.49. The second-order valence-electron chi connectivity index (χ2n) is 3.80. The van der Waals surface area contributed by atoms with Crippen molar-refractivity contribution in [3.63, 3.8) is 0 Å². The van der Waals surface area contributed by atoms with Gasteiger partial charge in [-0.3, -0.25) is 0 Å². The number of rotatable bonds is 4. The van der Waals surface area contributed by atoms with Crippen LogP contribution in [0.25, 0.3) is 0 Å². The van der Waals surface area contributed by atoms with Gasteiger partial charge in [0.1, 0.15) is 18.2 Å². The summed E-state index contributed by atoms with van der Waals surface area (Å²) in [7, 11) is 0. The highest BCUT2D eigenvalue weighted by atomic mass is 35.5. The number of halogens is 3. The second-order valence-corrected chi connectivity index (χ2v) is 4.48. The first-order valence-corrected chi connectivity index (χ1v) is 6.32. The monoisotopic (exact) mass is 284 g/mol. The lowest BCUT2D eigenvalue weighted by Crippen LogP contribution is -1.97. The van der Waals surface area contributed by atoms with Gasteiger partial charge in [0.25, 0.3) is 0 Å². The molecule has 0 saturated carbocycles. The molecular formula is C14H11Cl2FO. The van der Waals surface area contributed by atoms with E-state index in [-0.39, 0.29) is 12.4 Å². The lowest BCUT2D eigenvalue weighted by molar-refractivity contribution is 0.305. The molecule has 0 aliphatic carbocycles. The highest BCUT2D eigenvalue weighted by molar-refractivity contribution is 6.31. The molecule has 0 N–H and O–H groups in total. The van der Waals surface area contributed by atoms with Crippen LogP contribution in [0.4, 0.5) is 4.39 Å². The fourth-order valence-corrected chi connectivity index (χ4v) is 1.84. The Bertz CT molecular complexity index is 526. The minimum atomic E-state index is -0.324. The van der Waals surface area contributed by atoms with Crippen LogP contribution in [-0.4, -0.2) is 0 Å². The molecule has 18 heavy (non-hydrogen) atoms. The first-order chi connectivity index (χ1) is 8.69. The largest absolute Gasteiger partial charge is 0.489 e. The van der Waals surface area contributed by atoms with Crippen LogP contribution in [0.3, 0.4) is 0 Å². The molecule has 4 heteroatoms. The average Bonchev–Trinajstić information content (AvgIpc) is 2.40. The van der Waals surface area contributed by atoms with Crippen LogP contribution in [0.5, 0.6) is 5.75 Å². The van der Waals surface area contributed by atoms with Crippen molar-refractivity contribution in [2.45, 2.75) is 12.5 Å². The zero-order valence-corrected chi connectivity index (χ0v) is 11.0. The van der Waals surface area contributed by atoms with Gasteiger partial charge in [-0.15, -0.1) is 11.6 Å².